The largest absolute Gasteiger partial charge is 0.349 e. The maximum atomic E-state index is 11.8. The summed E-state index contributed by atoms with van der Waals surface area (Å²) in [5.74, 6) is 0.515. The quantitative estimate of drug-likeness (QED) is 0.885. The molecule has 5 nitrogen and oxygen atoms in total. The first kappa shape index (κ1) is 16.0. The summed E-state index contributed by atoms with van der Waals surface area (Å²) in [5.41, 5.74) is 1.88. The highest BCUT2D eigenvalue weighted by Gasteiger charge is 2.20. The van der Waals surface area contributed by atoms with E-state index in [1.807, 2.05) is 12.1 Å². The third-order valence-corrected chi connectivity index (χ3v) is 4.64. The van der Waals surface area contributed by atoms with E-state index in [9.17, 15) is 4.79 Å². The minimum atomic E-state index is -0.0986. The first-order chi connectivity index (χ1) is 11.2. The standard InChI is InChI=1S/C17H21ClN4O/c18-15-3-1-13(2-4-15)14-5-8-22(9-6-14)10-7-20-17(23)16-11-19-12-21-16/h1-4,11-12,14H,5-10H2,(H,19,21)(H,20,23). The number of nitrogens with one attached hydrogen (secondary N) is 2. The van der Waals surface area contributed by atoms with Crippen LogP contribution in [0.15, 0.2) is 36.8 Å². The normalized spacial score (nSPS) is 16.4. The van der Waals surface area contributed by atoms with Crippen LogP contribution < -0.4 is 5.32 Å². The Labute approximate surface area is 141 Å². The summed E-state index contributed by atoms with van der Waals surface area (Å²) < 4.78 is 0. The number of imidazole rings is 1. The molecule has 1 aliphatic heterocycles. The van der Waals surface area contributed by atoms with E-state index in [0.717, 1.165) is 37.5 Å². The number of carbonyl (C=O) groups is 1. The molecule has 23 heavy (non-hydrogen) atoms. The molecule has 2 aromatic rings. The van der Waals surface area contributed by atoms with Gasteiger partial charge in [-0.15, -0.1) is 0 Å². The van der Waals surface area contributed by atoms with Crippen molar-refractivity contribution in [1.29, 1.82) is 0 Å². The molecule has 3 rings (SSSR count). The van der Waals surface area contributed by atoms with Gasteiger partial charge in [0.25, 0.3) is 5.91 Å². The van der Waals surface area contributed by atoms with Crippen molar-refractivity contribution in [3.63, 3.8) is 0 Å². The number of H-pyrrole nitrogens is 1. The smallest absolute Gasteiger partial charge is 0.269 e. The predicted molar refractivity (Wildman–Crippen MR) is 90.8 cm³/mol. The van der Waals surface area contributed by atoms with Crippen molar-refractivity contribution < 1.29 is 4.79 Å². The van der Waals surface area contributed by atoms with Crippen molar-refractivity contribution >= 4 is 17.5 Å². The molecule has 0 radical (unpaired) electrons. The second-order valence-electron chi connectivity index (χ2n) is 5.89. The Morgan fingerprint density at radius 2 is 2.04 bits per heavy atom. The summed E-state index contributed by atoms with van der Waals surface area (Å²) in [5, 5.41) is 3.71. The molecular weight excluding hydrogens is 312 g/mol. The molecule has 6 heteroatoms. The van der Waals surface area contributed by atoms with Gasteiger partial charge in [-0.3, -0.25) is 4.79 Å². The summed E-state index contributed by atoms with van der Waals surface area (Å²) in [6.45, 7) is 3.66. The van der Waals surface area contributed by atoms with Crippen LogP contribution in [-0.2, 0) is 0 Å². The summed E-state index contributed by atoms with van der Waals surface area (Å²) in [4.78, 5) is 20.9. The van der Waals surface area contributed by atoms with Gasteiger partial charge in [0.05, 0.1) is 12.5 Å². The molecule has 1 aliphatic rings. The second kappa shape index (κ2) is 7.62. The maximum absolute atomic E-state index is 11.8. The highest BCUT2D eigenvalue weighted by Crippen LogP contribution is 2.28. The van der Waals surface area contributed by atoms with Crippen LogP contribution in [0.5, 0.6) is 0 Å². The molecule has 122 valence electrons. The maximum Gasteiger partial charge on any atom is 0.269 e. The van der Waals surface area contributed by atoms with Gasteiger partial charge in [0.15, 0.2) is 0 Å². The highest BCUT2D eigenvalue weighted by atomic mass is 35.5. The molecule has 1 amide bonds. The number of piperidine rings is 1. The number of aromatic amines is 1. The van der Waals surface area contributed by atoms with Crippen LogP contribution >= 0.6 is 11.6 Å². The number of benzene rings is 1. The zero-order valence-corrected chi connectivity index (χ0v) is 13.7. The van der Waals surface area contributed by atoms with Gasteiger partial charge in [0.2, 0.25) is 0 Å². The molecular formula is C17H21ClN4O. The molecule has 0 bridgehead atoms. The molecule has 0 unspecified atom stereocenters. The topological polar surface area (TPSA) is 61.0 Å². The molecule has 2 heterocycles. The number of likely N-dealkylation sites (tertiary alicyclic amines) is 1. The monoisotopic (exact) mass is 332 g/mol. The van der Waals surface area contributed by atoms with Crippen molar-refractivity contribution in [1.82, 2.24) is 20.2 Å². The number of hydrogen-bond donors (Lipinski definition) is 2. The van der Waals surface area contributed by atoms with E-state index in [4.69, 9.17) is 11.6 Å². The van der Waals surface area contributed by atoms with Crippen LogP contribution in [0.2, 0.25) is 5.02 Å². The number of halogens is 1. The van der Waals surface area contributed by atoms with Crippen molar-refractivity contribution in [2.75, 3.05) is 26.2 Å². The van der Waals surface area contributed by atoms with Gasteiger partial charge in [0, 0.05) is 18.1 Å². The highest BCUT2D eigenvalue weighted by molar-refractivity contribution is 6.30. The Morgan fingerprint density at radius 1 is 1.30 bits per heavy atom. The Bertz CT molecular complexity index is 619. The van der Waals surface area contributed by atoms with E-state index in [-0.39, 0.29) is 5.91 Å². The number of nitrogens with zero attached hydrogens (tertiary/aromatic N) is 2. The van der Waals surface area contributed by atoms with Gasteiger partial charge in [-0.05, 0) is 49.5 Å². The second-order valence-corrected chi connectivity index (χ2v) is 6.33. The van der Waals surface area contributed by atoms with Gasteiger partial charge in [0.1, 0.15) is 5.69 Å². The Balaban J connectivity index is 1.39. The van der Waals surface area contributed by atoms with Gasteiger partial charge >= 0.3 is 0 Å². The minimum Gasteiger partial charge on any atom is -0.349 e. The molecule has 0 saturated carbocycles. The predicted octanol–water partition coefficient (Wildman–Crippen LogP) is 2.67. The fourth-order valence-corrected chi connectivity index (χ4v) is 3.15. The molecule has 1 saturated heterocycles. The SMILES string of the molecule is O=C(NCCN1CCC(c2ccc(Cl)cc2)CC1)c1cnc[nH]1. The lowest BCUT2D eigenvalue weighted by Crippen LogP contribution is -2.39. The molecule has 0 atom stereocenters. The summed E-state index contributed by atoms with van der Waals surface area (Å²) in [7, 11) is 0. The van der Waals surface area contributed by atoms with Crippen LogP contribution in [-0.4, -0.2) is 47.0 Å². The Kier molecular flexibility index (Phi) is 5.31. The van der Waals surface area contributed by atoms with Crippen molar-refractivity contribution in [3.8, 4) is 0 Å². The van der Waals surface area contributed by atoms with E-state index in [1.54, 1.807) is 0 Å². The number of aromatic nitrogens is 2. The van der Waals surface area contributed by atoms with E-state index >= 15 is 0 Å². The average molecular weight is 333 g/mol. The molecule has 1 aromatic heterocycles. The molecule has 1 fully saturated rings. The molecule has 1 aromatic carbocycles. The van der Waals surface area contributed by atoms with E-state index in [0.29, 0.717) is 18.2 Å². The molecule has 0 spiro atoms. The zero-order chi connectivity index (χ0) is 16.1. The molecule has 2 N–H and O–H groups in total. The van der Waals surface area contributed by atoms with Gasteiger partial charge in [-0.25, -0.2) is 4.98 Å². The average Bonchev–Trinajstić information content (AvgIpc) is 3.11. The fourth-order valence-electron chi connectivity index (χ4n) is 3.03. The van der Waals surface area contributed by atoms with Crippen LogP contribution in [0.4, 0.5) is 0 Å². The molecule has 0 aliphatic carbocycles. The third-order valence-electron chi connectivity index (χ3n) is 4.39. The lowest BCUT2D eigenvalue weighted by molar-refractivity contribution is 0.0941. The zero-order valence-electron chi connectivity index (χ0n) is 13.0. The lowest BCUT2D eigenvalue weighted by atomic mass is 9.89. The van der Waals surface area contributed by atoms with Gasteiger partial charge in [-0.1, -0.05) is 23.7 Å². The van der Waals surface area contributed by atoms with Crippen molar-refractivity contribution in [2.24, 2.45) is 0 Å². The van der Waals surface area contributed by atoms with Crippen LogP contribution in [0.1, 0.15) is 34.8 Å². The fraction of sp³-hybridized carbons (Fsp3) is 0.412. The summed E-state index contributed by atoms with van der Waals surface area (Å²) in [6.07, 6.45) is 5.34. The third kappa shape index (κ3) is 4.33. The summed E-state index contributed by atoms with van der Waals surface area (Å²) in [6, 6.07) is 8.20. The first-order valence-electron chi connectivity index (χ1n) is 7.97. The van der Waals surface area contributed by atoms with Gasteiger partial charge in [-0.2, -0.15) is 0 Å². The van der Waals surface area contributed by atoms with Crippen LogP contribution in [0, 0.1) is 0 Å². The Hall–Kier alpha value is -1.85. The number of carbonyl (C=O) groups excluding carboxylic acids is 1. The lowest BCUT2D eigenvalue weighted by Gasteiger charge is -2.32. The minimum absolute atomic E-state index is 0.0986. The number of amides is 1. The van der Waals surface area contributed by atoms with Gasteiger partial charge < -0.3 is 15.2 Å². The van der Waals surface area contributed by atoms with E-state index < -0.39 is 0 Å². The number of rotatable bonds is 5. The summed E-state index contributed by atoms with van der Waals surface area (Å²) >= 11 is 5.94. The van der Waals surface area contributed by atoms with Crippen LogP contribution in [0.25, 0.3) is 0 Å². The number of hydrogen-bond acceptors (Lipinski definition) is 3. The Morgan fingerprint density at radius 3 is 2.70 bits per heavy atom. The first-order valence-corrected chi connectivity index (χ1v) is 8.34. The van der Waals surface area contributed by atoms with Crippen LogP contribution in [0.3, 0.4) is 0 Å². The van der Waals surface area contributed by atoms with Crippen molar-refractivity contribution in [3.05, 3.63) is 53.1 Å². The van der Waals surface area contributed by atoms with E-state index in [1.165, 1.54) is 18.1 Å². The van der Waals surface area contributed by atoms with E-state index in [2.05, 4.69) is 32.3 Å². The van der Waals surface area contributed by atoms with Crippen molar-refractivity contribution in [2.45, 2.75) is 18.8 Å².